The van der Waals surface area contributed by atoms with Crippen LogP contribution in [0, 0.1) is 5.82 Å². The summed E-state index contributed by atoms with van der Waals surface area (Å²) < 4.78 is 20.1. The van der Waals surface area contributed by atoms with E-state index in [2.05, 4.69) is 10.6 Å². The van der Waals surface area contributed by atoms with Gasteiger partial charge in [-0.05, 0) is 42.5 Å². The fourth-order valence-corrected chi connectivity index (χ4v) is 4.41. The normalized spacial score (nSPS) is 13.7. The van der Waals surface area contributed by atoms with Crippen LogP contribution in [0.15, 0.2) is 48.5 Å². The van der Waals surface area contributed by atoms with Crippen molar-refractivity contribution in [1.29, 1.82) is 0 Å². The van der Waals surface area contributed by atoms with Crippen LogP contribution >= 0.6 is 22.9 Å². The number of rotatable bonds is 6. The number of benzene rings is 2. The zero-order chi connectivity index (χ0) is 23.7. The van der Waals surface area contributed by atoms with Crippen molar-refractivity contribution in [2.75, 3.05) is 24.0 Å². The van der Waals surface area contributed by atoms with Gasteiger partial charge in [0.1, 0.15) is 11.6 Å². The van der Waals surface area contributed by atoms with Crippen molar-refractivity contribution in [3.63, 3.8) is 0 Å². The number of carboxylic acids is 1. The van der Waals surface area contributed by atoms with Gasteiger partial charge in [-0.1, -0.05) is 11.6 Å². The number of nitrogens with one attached hydrogen (secondary N) is 2. The molecule has 1 unspecified atom stereocenters. The van der Waals surface area contributed by atoms with E-state index in [0.29, 0.717) is 14.9 Å². The molecule has 1 aromatic heterocycles. The average Bonchev–Trinajstić information content (AvgIpc) is 3.23. The summed E-state index contributed by atoms with van der Waals surface area (Å²) in [6.07, 6.45) is 0. The lowest BCUT2D eigenvalue weighted by Gasteiger charge is -2.29. The lowest BCUT2D eigenvalue weighted by Crippen LogP contribution is -2.39. The third-order valence-corrected chi connectivity index (χ3v) is 6.30. The van der Waals surface area contributed by atoms with Crippen LogP contribution in [-0.4, -0.2) is 36.7 Å². The first kappa shape index (κ1) is 22.6. The molecule has 0 radical (unpaired) electrons. The molecule has 0 bridgehead atoms. The maximum atomic E-state index is 14.1. The van der Waals surface area contributed by atoms with Gasteiger partial charge in [-0.25, -0.2) is 9.18 Å². The summed E-state index contributed by atoms with van der Waals surface area (Å²) >= 11 is 6.93. The molecule has 2 amide bonds. The molecule has 3 N–H and O–H groups in total. The third kappa shape index (κ3) is 4.48. The summed E-state index contributed by atoms with van der Waals surface area (Å²) in [7, 11) is 1.56. The molecule has 0 fully saturated rings. The maximum absolute atomic E-state index is 14.1. The van der Waals surface area contributed by atoms with Crippen molar-refractivity contribution < 1.29 is 28.6 Å². The molecule has 1 atom stereocenters. The molecule has 170 valence electrons. The smallest absolute Gasteiger partial charge is 0.331 e. The zero-order valence-corrected chi connectivity index (χ0v) is 18.7. The number of fused-ring (bicyclic) bond motifs is 1. The van der Waals surface area contributed by atoms with E-state index in [1.54, 1.807) is 13.1 Å². The van der Waals surface area contributed by atoms with E-state index in [1.165, 1.54) is 41.3 Å². The Morgan fingerprint density at radius 3 is 2.55 bits per heavy atom. The van der Waals surface area contributed by atoms with Crippen LogP contribution in [0.1, 0.15) is 31.6 Å². The SMILES string of the molecule is CNc1cc2c(cc1F)C(=O)N(c1ccc(C(=O)NC(C(=O)O)c3ccc(Cl)s3)cc1)CO2. The lowest BCUT2D eigenvalue weighted by atomic mass is 10.1. The molecular formula is C22H17ClFN3O5S. The molecule has 4 rings (SSSR count). The molecule has 0 saturated heterocycles. The second-order valence-electron chi connectivity index (χ2n) is 7.02. The summed E-state index contributed by atoms with van der Waals surface area (Å²) in [6.45, 7) is -0.0909. The van der Waals surface area contributed by atoms with Crippen LogP contribution in [0.3, 0.4) is 0 Å². The molecule has 0 spiro atoms. The van der Waals surface area contributed by atoms with Gasteiger partial charge in [0.05, 0.1) is 15.6 Å². The van der Waals surface area contributed by atoms with E-state index in [4.69, 9.17) is 16.3 Å². The first-order chi connectivity index (χ1) is 15.8. The van der Waals surface area contributed by atoms with E-state index in [-0.39, 0.29) is 29.3 Å². The number of ether oxygens (including phenoxy) is 1. The van der Waals surface area contributed by atoms with Crippen molar-refractivity contribution in [3.8, 4) is 5.75 Å². The van der Waals surface area contributed by atoms with Crippen LogP contribution in [0.2, 0.25) is 4.34 Å². The Labute approximate surface area is 196 Å². The van der Waals surface area contributed by atoms with Gasteiger partial charge in [0.15, 0.2) is 12.8 Å². The fourth-order valence-electron chi connectivity index (χ4n) is 3.31. The number of thiophene rings is 1. The standard InChI is InChI=1S/C22H17ClFN3O5S/c1-25-15-9-16-13(8-14(15)24)21(29)27(10-32-16)12-4-2-11(3-5-12)20(28)26-19(22(30)31)17-6-7-18(23)33-17/h2-9,19,25H,10H2,1H3,(H,26,28)(H,30,31). The molecule has 0 saturated carbocycles. The minimum atomic E-state index is -1.25. The molecule has 1 aliphatic rings. The van der Waals surface area contributed by atoms with E-state index in [0.717, 1.165) is 17.4 Å². The van der Waals surface area contributed by atoms with Crippen LogP contribution < -0.4 is 20.3 Å². The quantitative estimate of drug-likeness (QED) is 0.480. The summed E-state index contributed by atoms with van der Waals surface area (Å²) in [5.41, 5.74) is 0.927. The van der Waals surface area contributed by atoms with Gasteiger partial charge >= 0.3 is 5.97 Å². The minimum Gasteiger partial charge on any atom is -0.479 e. The van der Waals surface area contributed by atoms with Gasteiger partial charge in [-0.15, -0.1) is 11.3 Å². The van der Waals surface area contributed by atoms with Gasteiger partial charge in [-0.2, -0.15) is 0 Å². The topological polar surface area (TPSA) is 108 Å². The van der Waals surface area contributed by atoms with Crippen molar-refractivity contribution in [3.05, 3.63) is 74.7 Å². The van der Waals surface area contributed by atoms with Crippen LogP contribution in [-0.2, 0) is 4.79 Å². The largest absolute Gasteiger partial charge is 0.479 e. The summed E-state index contributed by atoms with van der Waals surface area (Å²) in [4.78, 5) is 38.8. The Morgan fingerprint density at radius 1 is 1.21 bits per heavy atom. The first-order valence-electron chi connectivity index (χ1n) is 9.63. The van der Waals surface area contributed by atoms with Crippen LogP contribution in [0.5, 0.6) is 5.75 Å². The Morgan fingerprint density at radius 2 is 1.94 bits per heavy atom. The molecule has 1 aliphatic heterocycles. The second-order valence-corrected chi connectivity index (χ2v) is 8.76. The molecule has 0 aliphatic carbocycles. The number of halogens is 2. The van der Waals surface area contributed by atoms with E-state index in [9.17, 15) is 23.9 Å². The predicted molar refractivity (Wildman–Crippen MR) is 122 cm³/mol. The molecule has 2 heterocycles. The predicted octanol–water partition coefficient (Wildman–Crippen LogP) is 4.13. The molecule has 8 nitrogen and oxygen atoms in total. The summed E-state index contributed by atoms with van der Waals surface area (Å²) in [6, 6.07) is 10.3. The Kier molecular flexibility index (Phi) is 6.21. The number of hydrogen-bond acceptors (Lipinski definition) is 6. The highest BCUT2D eigenvalue weighted by atomic mass is 35.5. The van der Waals surface area contributed by atoms with Crippen molar-refractivity contribution in [1.82, 2.24) is 5.32 Å². The molecule has 11 heteroatoms. The molecular weight excluding hydrogens is 473 g/mol. The van der Waals surface area contributed by atoms with Gasteiger partial charge < -0.3 is 20.5 Å². The van der Waals surface area contributed by atoms with Gasteiger partial charge in [0, 0.05) is 29.2 Å². The lowest BCUT2D eigenvalue weighted by molar-refractivity contribution is -0.139. The van der Waals surface area contributed by atoms with Crippen molar-refractivity contribution in [2.24, 2.45) is 0 Å². The number of hydrogen-bond donors (Lipinski definition) is 3. The number of nitrogens with zero attached hydrogens (tertiary/aromatic N) is 1. The molecule has 3 aromatic rings. The monoisotopic (exact) mass is 489 g/mol. The Bertz CT molecular complexity index is 1250. The number of carboxylic acid groups (broad SMARTS) is 1. The fraction of sp³-hybridized carbons (Fsp3) is 0.136. The molecule has 33 heavy (non-hydrogen) atoms. The Hall–Kier alpha value is -3.63. The van der Waals surface area contributed by atoms with Gasteiger partial charge in [-0.3, -0.25) is 14.5 Å². The van der Waals surface area contributed by atoms with E-state index in [1.807, 2.05) is 0 Å². The summed E-state index contributed by atoms with van der Waals surface area (Å²) in [5.74, 6) is -2.59. The summed E-state index contributed by atoms with van der Waals surface area (Å²) in [5, 5.41) is 14.6. The van der Waals surface area contributed by atoms with Gasteiger partial charge in [0.2, 0.25) is 0 Å². The van der Waals surface area contributed by atoms with Crippen molar-refractivity contribution in [2.45, 2.75) is 6.04 Å². The van der Waals surface area contributed by atoms with Crippen LogP contribution in [0.4, 0.5) is 15.8 Å². The third-order valence-electron chi connectivity index (χ3n) is 5.01. The van der Waals surface area contributed by atoms with E-state index >= 15 is 0 Å². The Balaban J connectivity index is 1.51. The number of aliphatic carboxylic acids is 1. The number of carbonyl (C=O) groups is 3. The zero-order valence-electron chi connectivity index (χ0n) is 17.1. The highest BCUT2D eigenvalue weighted by Crippen LogP contribution is 2.33. The van der Waals surface area contributed by atoms with Gasteiger partial charge in [0.25, 0.3) is 11.8 Å². The molecule has 2 aromatic carbocycles. The number of anilines is 2. The average molecular weight is 490 g/mol. The maximum Gasteiger partial charge on any atom is 0.331 e. The van der Waals surface area contributed by atoms with E-state index < -0.39 is 29.6 Å². The number of carbonyl (C=O) groups excluding carboxylic acids is 2. The van der Waals surface area contributed by atoms with Crippen LogP contribution in [0.25, 0.3) is 0 Å². The van der Waals surface area contributed by atoms with Crippen molar-refractivity contribution >= 4 is 52.1 Å². The highest BCUT2D eigenvalue weighted by molar-refractivity contribution is 7.16. The number of amides is 2. The second kappa shape index (κ2) is 9.08. The first-order valence-corrected chi connectivity index (χ1v) is 10.8. The minimum absolute atomic E-state index is 0.0819. The highest BCUT2D eigenvalue weighted by Gasteiger charge is 2.29.